The van der Waals surface area contributed by atoms with E-state index < -0.39 is 5.60 Å². The predicted octanol–water partition coefficient (Wildman–Crippen LogP) is 0.600. The van der Waals surface area contributed by atoms with Gasteiger partial charge in [-0.05, 0) is 39.8 Å². The van der Waals surface area contributed by atoms with Crippen LogP contribution in [0.25, 0.3) is 0 Å². The first-order valence-electron chi connectivity index (χ1n) is 10.6. The molecule has 1 aliphatic rings. The van der Waals surface area contributed by atoms with Crippen LogP contribution in [0.15, 0.2) is 17.4 Å². The number of piperazine rings is 1. The second kappa shape index (κ2) is 11.4. The molecule has 1 unspecified atom stereocenters. The molecule has 0 saturated carbocycles. The quantitative estimate of drug-likeness (QED) is 0.307. The number of nitrogens with zero attached hydrogens (tertiary/aromatic N) is 5. The van der Waals surface area contributed by atoms with E-state index in [-0.39, 0.29) is 6.54 Å². The molecule has 1 aromatic heterocycles. The molecule has 3 N–H and O–H groups in total. The third-order valence-electron chi connectivity index (χ3n) is 5.32. The summed E-state index contributed by atoms with van der Waals surface area (Å²) in [6.07, 6.45) is 5.82. The van der Waals surface area contributed by atoms with E-state index in [0.717, 1.165) is 37.6 Å². The summed E-state index contributed by atoms with van der Waals surface area (Å²) in [5.74, 6) is 0.753. The summed E-state index contributed by atoms with van der Waals surface area (Å²) in [6, 6.07) is 0. The van der Waals surface area contributed by atoms with Crippen LogP contribution in [0, 0.1) is 0 Å². The van der Waals surface area contributed by atoms with Crippen molar-refractivity contribution in [3.8, 4) is 0 Å². The number of likely N-dealkylation sites (N-methyl/N-ethyl adjacent to an activating group) is 1. The van der Waals surface area contributed by atoms with E-state index in [1.807, 2.05) is 20.2 Å². The fraction of sp³-hybridized carbons (Fsp3) is 0.800. The lowest BCUT2D eigenvalue weighted by Crippen LogP contribution is -2.46. The number of aliphatic hydroxyl groups is 1. The van der Waals surface area contributed by atoms with E-state index in [4.69, 9.17) is 0 Å². The Bertz CT molecular complexity index is 591. The Morgan fingerprint density at radius 2 is 1.89 bits per heavy atom. The molecule has 2 rings (SSSR count). The summed E-state index contributed by atoms with van der Waals surface area (Å²) in [5, 5.41) is 21.5. The first-order chi connectivity index (χ1) is 13.4. The van der Waals surface area contributed by atoms with Crippen LogP contribution < -0.4 is 10.6 Å². The third-order valence-corrected chi connectivity index (χ3v) is 5.32. The largest absolute Gasteiger partial charge is 0.383 e. The highest BCUT2D eigenvalue weighted by atomic mass is 16.3. The minimum absolute atomic E-state index is 0.287. The summed E-state index contributed by atoms with van der Waals surface area (Å²) < 4.78 is 1.69. The first kappa shape index (κ1) is 22.6. The average molecular weight is 394 g/mol. The van der Waals surface area contributed by atoms with Gasteiger partial charge < -0.3 is 25.5 Å². The van der Waals surface area contributed by atoms with Crippen molar-refractivity contribution < 1.29 is 5.11 Å². The Balaban J connectivity index is 1.69. The van der Waals surface area contributed by atoms with Gasteiger partial charge in [0, 0.05) is 58.1 Å². The molecule has 28 heavy (non-hydrogen) atoms. The molecule has 1 aliphatic heterocycles. The van der Waals surface area contributed by atoms with Gasteiger partial charge in [0.2, 0.25) is 0 Å². The lowest BCUT2D eigenvalue weighted by atomic mass is 10.0. The number of aryl methyl sites for hydroxylation is 1. The average Bonchev–Trinajstić information content (AvgIpc) is 3.13. The van der Waals surface area contributed by atoms with E-state index in [2.05, 4.69) is 37.4 Å². The maximum absolute atomic E-state index is 10.7. The van der Waals surface area contributed by atoms with Crippen molar-refractivity contribution in [2.75, 3.05) is 58.9 Å². The number of aromatic nitrogens is 2. The number of nitrogens with one attached hydrogen (secondary N) is 2. The van der Waals surface area contributed by atoms with Gasteiger partial charge in [-0.3, -0.25) is 4.68 Å². The first-order valence-corrected chi connectivity index (χ1v) is 10.6. The number of aliphatic imine (C=N–C) groups is 1. The van der Waals surface area contributed by atoms with E-state index in [9.17, 15) is 5.11 Å². The zero-order valence-electron chi connectivity index (χ0n) is 18.1. The molecule has 0 aromatic carbocycles. The molecule has 0 aliphatic carbocycles. The minimum atomic E-state index is -1.03. The van der Waals surface area contributed by atoms with Gasteiger partial charge in [-0.2, -0.15) is 5.10 Å². The highest BCUT2D eigenvalue weighted by molar-refractivity contribution is 5.79. The van der Waals surface area contributed by atoms with Crippen molar-refractivity contribution in [1.29, 1.82) is 0 Å². The molecular formula is C20H39N7O. The summed E-state index contributed by atoms with van der Waals surface area (Å²) in [4.78, 5) is 9.65. The molecule has 160 valence electrons. The SMILES string of the molecule is CCNC(=NCC(C)(O)c1cnn(C)c1)NCCCCN1CCN(CC)CC1. The molecule has 0 bridgehead atoms. The second-order valence-corrected chi connectivity index (χ2v) is 7.78. The van der Waals surface area contributed by atoms with E-state index >= 15 is 0 Å². The van der Waals surface area contributed by atoms with Crippen molar-refractivity contribution in [3.05, 3.63) is 18.0 Å². The Morgan fingerprint density at radius 3 is 2.50 bits per heavy atom. The molecule has 1 saturated heterocycles. The van der Waals surface area contributed by atoms with Gasteiger partial charge in [0.05, 0.1) is 12.7 Å². The van der Waals surface area contributed by atoms with Crippen molar-refractivity contribution >= 4 is 5.96 Å². The molecule has 8 heteroatoms. The number of hydrogen-bond acceptors (Lipinski definition) is 5. The molecule has 1 atom stereocenters. The van der Waals surface area contributed by atoms with Gasteiger partial charge in [0.15, 0.2) is 5.96 Å². The van der Waals surface area contributed by atoms with E-state index in [0.29, 0.717) is 0 Å². The van der Waals surface area contributed by atoms with Crippen LogP contribution in [-0.4, -0.2) is 89.5 Å². The van der Waals surface area contributed by atoms with Gasteiger partial charge in [0.25, 0.3) is 0 Å². The highest BCUT2D eigenvalue weighted by Crippen LogP contribution is 2.19. The topological polar surface area (TPSA) is 80.9 Å². The Labute approximate surface area is 170 Å². The smallest absolute Gasteiger partial charge is 0.191 e. The summed E-state index contributed by atoms with van der Waals surface area (Å²) in [7, 11) is 1.85. The zero-order chi connectivity index (χ0) is 20.4. The van der Waals surface area contributed by atoms with E-state index in [1.165, 1.54) is 39.1 Å². The van der Waals surface area contributed by atoms with Crippen LogP contribution in [0.2, 0.25) is 0 Å². The van der Waals surface area contributed by atoms with Crippen molar-refractivity contribution in [2.45, 2.75) is 39.2 Å². The van der Waals surface area contributed by atoms with E-state index in [1.54, 1.807) is 17.8 Å². The Hall–Kier alpha value is -1.64. The van der Waals surface area contributed by atoms with Gasteiger partial charge in [-0.1, -0.05) is 6.92 Å². The molecule has 8 nitrogen and oxygen atoms in total. The number of hydrogen-bond donors (Lipinski definition) is 3. The summed E-state index contributed by atoms with van der Waals surface area (Å²) >= 11 is 0. The number of rotatable bonds is 10. The van der Waals surface area contributed by atoms with Crippen LogP contribution in [0.3, 0.4) is 0 Å². The van der Waals surface area contributed by atoms with Gasteiger partial charge in [-0.15, -0.1) is 0 Å². The molecule has 0 radical (unpaired) electrons. The molecule has 1 aromatic rings. The standard InChI is InChI=1S/C20H39N7O/c1-5-21-19(23-17-20(3,28)18-15-24-25(4)16-18)22-9-7-8-10-27-13-11-26(6-2)12-14-27/h15-16,28H,5-14,17H2,1-4H3,(H2,21,22,23). The minimum Gasteiger partial charge on any atom is -0.383 e. The van der Waals surface area contributed by atoms with Crippen molar-refractivity contribution in [2.24, 2.45) is 12.0 Å². The Kier molecular flexibility index (Phi) is 9.21. The zero-order valence-corrected chi connectivity index (χ0v) is 18.1. The van der Waals surface area contributed by atoms with Crippen molar-refractivity contribution in [3.63, 3.8) is 0 Å². The van der Waals surface area contributed by atoms with Crippen LogP contribution in [0.4, 0.5) is 0 Å². The highest BCUT2D eigenvalue weighted by Gasteiger charge is 2.24. The summed E-state index contributed by atoms with van der Waals surface area (Å²) in [6.45, 7) is 15.1. The normalized spacial score (nSPS) is 18.8. The second-order valence-electron chi connectivity index (χ2n) is 7.78. The van der Waals surface area contributed by atoms with Gasteiger partial charge in [-0.25, -0.2) is 4.99 Å². The predicted molar refractivity (Wildman–Crippen MR) is 115 cm³/mol. The van der Waals surface area contributed by atoms with Gasteiger partial charge in [0.1, 0.15) is 5.60 Å². The van der Waals surface area contributed by atoms with Crippen molar-refractivity contribution in [1.82, 2.24) is 30.2 Å². The number of guanidine groups is 1. The van der Waals surface area contributed by atoms with Crippen LogP contribution >= 0.6 is 0 Å². The lowest BCUT2D eigenvalue weighted by Gasteiger charge is -2.34. The fourth-order valence-electron chi connectivity index (χ4n) is 3.36. The maximum Gasteiger partial charge on any atom is 0.191 e. The molecule has 0 amide bonds. The molecule has 1 fully saturated rings. The number of unbranched alkanes of at least 4 members (excludes halogenated alkanes) is 1. The third kappa shape index (κ3) is 7.41. The van der Waals surface area contributed by atoms with Crippen LogP contribution in [-0.2, 0) is 12.6 Å². The van der Waals surface area contributed by atoms with Gasteiger partial charge >= 0.3 is 0 Å². The maximum atomic E-state index is 10.7. The lowest BCUT2D eigenvalue weighted by molar-refractivity contribution is 0.0672. The molecular weight excluding hydrogens is 354 g/mol. The molecule has 2 heterocycles. The van der Waals surface area contributed by atoms with Crippen LogP contribution in [0.1, 0.15) is 39.2 Å². The monoisotopic (exact) mass is 393 g/mol. The van der Waals surface area contributed by atoms with Crippen LogP contribution in [0.5, 0.6) is 0 Å². The molecule has 0 spiro atoms. The Morgan fingerprint density at radius 1 is 1.18 bits per heavy atom. The fourth-order valence-corrected chi connectivity index (χ4v) is 3.36. The summed E-state index contributed by atoms with van der Waals surface area (Å²) in [5.41, 5.74) is -0.255.